The van der Waals surface area contributed by atoms with Crippen LogP contribution in [-0.4, -0.2) is 24.8 Å². The Kier molecular flexibility index (Phi) is 3.41. The van der Waals surface area contributed by atoms with Crippen LogP contribution >= 0.6 is 0 Å². The van der Waals surface area contributed by atoms with E-state index in [0.717, 1.165) is 13.1 Å². The van der Waals surface area contributed by atoms with E-state index in [4.69, 9.17) is 5.11 Å². The lowest BCUT2D eigenvalue weighted by Gasteiger charge is -2.19. The van der Waals surface area contributed by atoms with Gasteiger partial charge in [-0.1, -0.05) is 30.4 Å². The molecule has 0 aliphatic carbocycles. The van der Waals surface area contributed by atoms with Gasteiger partial charge in [0, 0.05) is 18.8 Å². The second-order valence-corrected chi connectivity index (χ2v) is 3.84. The number of benzene rings is 1. The second kappa shape index (κ2) is 4.99. The maximum atomic E-state index is 8.78. The third kappa shape index (κ3) is 2.39. The average molecular weight is 203 g/mol. The molecule has 1 aliphatic heterocycles. The zero-order valence-corrected chi connectivity index (χ0v) is 8.89. The van der Waals surface area contributed by atoms with Crippen LogP contribution in [0.15, 0.2) is 30.3 Å². The molecule has 1 aromatic carbocycles. The first-order chi connectivity index (χ1) is 7.42. The lowest BCUT2D eigenvalue weighted by molar-refractivity contribution is 0.343. The van der Waals surface area contributed by atoms with E-state index in [0.29, 0.717) is 0 Å². The van der Waals surface area contributed by atoms with Crippen LogP contribution in [0.1, 0.15) is 18.4 Å². The first-order valence-electron chi connectivity index (χ1n) is 5.53. The zero-order chi connectivity index (χ0) is 10.5. The fourth-order valence-corrected chi connectivity index (χ4v) is 2.05. The fourth-order valence-electron chi connectivity index (χ4n) is 2.05. The van der Waals surface area contributed by atoms with Crippen LogP contribution in [0, 0.1) is 0 Å². The van der Waals surface area contributed by atoms with Crippen molar-refractivity contribution < 1.29 is 5.11 Å². The molecule has 0 amide bonds. The number of hydrogen-bond acceptors (Lipinski definition) is 2. The van der Waals surface area contributed by atoms with Crippen molar-refractivity contribution in [1.29, 1.82) is 0 Å². The standard InChI is InChI=1S/C13H17NO/c15-11-5-7-12-6-1-2-8-13(12)14-9-3-4-10-14/h1-2,5-8,15H,3-4,9-11H2/b7-5+. The molecule has 1 saturated heterocycles. The number of anilines is 1. The van der Waals surface area contributed by atoms with E-state index in [2.05, 4.69) is 23.1 Å². The molecule has 1 heterocycles. The Morgan fingerprint density at radius 3 is 2.67 bits per heavy atom. The lowest BCUT2D eigenvalue weighted by atomic mass is 10.1. The summed E-state index contributed by atoms with van der Waals surface area (Å²) in [5, 5.41) is 8.78. The molecule has 0 spiro atoms. The summed E-state index contributed by atoms with van der Waals surface area (Å²) in [6.07, 6.45) is 6.36. The molecule has 1 fully saturated rings. The molecule has 1 N–H and O–H groups in total. The highest BCUT2D eigenvalue weighted by molar-refractivity contribution is 5.68. The molecule has 0 unspecified atom stereocenters. The van der Waals surface area contributed by atoms with Crippen molar-refractivity contribution >= 4 is 11.8 Å². The van der Waals surface area contributed by atoms with Crippen LogP contribution in [0.5, 0.6) is 0 Å². The highest BCUT2D eigenvalue weighted by atomic mass is 16.2. The van der Waals surface area contributed by atoms with Gasteiger partial charge in [-0.3, -0.25) is 0 Å². The maximum absolute atomic E-state index is 8.78. The van der Waals surface area contributed by atoms with Gasteiger partial charge in [0.2, 0.25) is 0 Å². The van der Waals surface area contributed by atoms with Crippen molar-refractivity contribution in [3.05, 3.63) is 35.9 Å². The molecular formula is C13H17NO. The first-order valence-corrected chi connectivity index (χ1v) is 5.53. The Labute approximate surface area is 90.8 Å². The van der Waals surface area contributed by atoms with E-state index >= 15 is 0 Å². The molecule has 15 heavy (non-hydrogen) atoms. The van der Waals surface area contributed by atoms with Gasteiger partial charge in [0.05, 0.1) is 6.61 Å². The van der Waals surface area contributed by atoms with Crippen LogP contribution in [0.4, 0.5) is 5.69 Å². The van der Waals surface area contributed by atoms with Gasteiger partial charge in [-0.2, -0.15) is 0 Å². The first kappa shape index (κ1) is 10.2. The van der Waals surface area contributed by atoms with Crippen molar-refractivity contribution in [3.63, 3.8) is 0 Å². The lowest BCUT2D eigenvalue weighted by Crippen LogP contribution is -2.18. The van der Waals surface area contributed by atoms with Gasteiger partial charge in [0.25, 0.3) is 0 Å². The average Bonchev–Trinajstić information content (AvgIpc) is 2.80. The molecule has 0 radical (unpaired) electrons. The molecule has 80 valence electrons. The molecule has 2 rings (SSSR count). The number of aliphatic hydroxyl groups is 1. The van der Waals surface area contributed by atoms with Gasteiger partial charge < -0.3 is 10.0 Å². The minimum atomic E-state index is 0.105. The van der Waals surface area contributed by atoms with Crippen molar-refractivity contribution in [2.45, 2.75) is 12.8 Å². The van der Waals surface area contributed by atoms with E-state index < -0.39 is 0 Å². The van der Waals surface area contributed by atoms with Crippen LogP contribution in [-0.2, 0) is 0 Å². The Morgan fingerprint density at radius 2 is 1.93 bits per heavy atom. The minimum Gasteiger partial charge on any atom is -0.392 e. The zero-order valence-electron chi connectivity index (χ0n) is 8.89. The van der Waals surface area contributed by atoms with Crippen LogP contribution in [0.3, 0.4) is 0 Å². The van der Waals surface area contributed by atoms with Gasteiger partial charge in [-0.15, -0.1) is 0 Å². The molecule has 2 heteroatoms. The largest absolute Gasteiger partial charge is 0.392 e. The Bertz CT molecular complexity index is 340. The van der Waals surface area contributed by atoms with Crippen molar-refractivity contribution in [2.75, 3.05) is 24.6 Å². The number of rotatable bonds is 3. The Balaban J connectivity index is 2.24. The molecule has 1 aromatic rings. The summed E-state index contributed by atoms with van der Waals surface area (Å²) in [4.78, 5) is 2.41. The topological polar surface area (TPSA) is 23.5 Å². The van der Waals surface area contributed by atoms with Crippen LogP contribution in [0.2, 0.25) is 0 Å². The molecule has 2 nitrogen and oxygen atoms in total. The Morgan fingerprint density at radius 1 is 1.20 bits per heavy atom. The number of hydrogen-bond donors (Lipinski definition) is 1. The van der Waals surface area contributed by atoms with E-state index in [1.807, 2.05) is 12.1 Å². The number of para-hydroxylation sites is 1. The summed E-state index contributed by atoms with van der Waals surface area (Å²) in [6.45, 7) is 2.42. The van der Waals surface area contributed by atoms with Gasteiger partial charge in [0.1, 0.15) is 0 Å². The van der Waals surface area contributed by atoms with Crippen molar-refractivity contribution in [3.8, 4) is 0 Å². The van der Waals surface area contributed by atoms with Gasteiger partial charge in [-0.05, 0) is 24.5 Å². The maximum Gasteiger partial charge on any atom is 0.0615 e. The molecule has 0 atom stereocenters. The van der Waals surface area contributed by atoms with Gasteiger partial charge in [0.15, 0.2) is 0 Å². The normalized spacial score (nSPS) is 16.5. The minimum absolute atomic E-state index is 0.105. The summed E-state index contributed by atoms with van der Waals surface area (Å²) in [5.74, 6) is 0. The Hall–Kier alpha value is -1.28. The predicted molar refractivity (Wildman–Crippen MR) is 64.0 cm³/mol. The van der Waals surface area contributed by atoms with E-state index in [1.165, 1.54) is 24.1 Å². The predicted octanol–water partition coefficient (Wildman–Crippen LogP) is 2.29. The molecule has 0 aromatic heterocycles. The molecular weight excluding hydrogens is 186 g/mol. The second-order valence-electron chi connectivity index (χ2n) is 3.84. The third-order valence-corrected chi connectivity index (χ3v) is 2.79. The van der Waals surface area contributed by atoms with Crippen LogP contribution in [0.25, 0.3) is 6.08 Å². The molecule has 1 aliphatic rings. The summed E-state index contributed by atoms with van der Waals surface area (Å²) in [6, 6.07) is 8.36. The number of nitrogens with zero attached hydrogens (tertiary/aromatic N) is 1. The summed E-state index contributed by atoms with van der Waals surface area (Å²) >= 11 is 0. The molecule has 0 bridgehead atoms. The smallest absolute Gasteiger partial charge is 0.0615 e. The highest BCUT2D eigenvalue weighted by Crippen LogP contribution is 2.25. The van der Waals surface area contributed by atoms with Crippen molar-refractivity contribution in [1.82, 2.24) is 0 Å². The summed E-state index contributed by atoms with van der Waals surface area (Å²) < 4.78 is 0. The van der Waals surface area contributed by atoms with E-state index in [9.17, 15) is 0 Å². The van der Waals surface area contributed by atoms with E-state index in [1.54, 1.807) is 6.08 Å². The number of aliphatic hydroxyl groups excluding tert-OH is 1. The quantitative estimate of drug-likeness (QED) is 0.814. The molecule has 0 saturated carbocycles. The van der Waals surface area contributed by atoms with E-state index in [-0.39, 0.29) is 6.61 Å². The SMILES string of the molecule is OC/C=C/c1ccccc1N1CCCC1. The van der Waals surface area contributed by atoms with Crippen molar-refractivity contribution in [2.24, 2.45) is 0 Å². The van der Waals surface area contributed by atoms with Gasteiger partial charge in [-0.25, -0.2) is 0 Å². The summed E-state index contributed by atoms with van der Waals surface area (Å²) in [5.41, 5.74) is 2.49. The monoisotopic (exact) mass is 203 g/mol. The van der Waals surface area contributed by atoms with Crippen LogP contribution < -0.4 is 4.90 Å². The van der Waals surface area contributed by atoms with Gasteiger partial charge >= 0.3 is 0 Å². The fraction of sp³-hybridized carbons (Fsp3) is 0.385. The summed E-state index contributed by atoms with van der Waals surface area (Å²) in [7, 11) is 0. The third-order valence-electron chi connectivity index (χ3n) is 2.79. The highest BCUT2D eigenvalue weighted by Gasteiger charge is 2.13.